The van der Waals surface area contributed by atoms with Crippen LogP contribution in [0.15, 0.2) is 18.2 Å². The third kappa shape index (κ3) is 2.82. The summed E-state index contributed by atoms with van der Waals surface area (Å²) in [5, 5.41) is 4.94. The van der Waals surface area contributed by atoms with E-state index in [1.807, 2.05) is 0 Å². The van der Waals surface area contributed by atoms with Gasteiger partial charge in [-0.1, -0.05) is 6.07 Å². The number of amides is 2. The molecular formula is C10H8F4N2O2. The monoisotopic (exact) mass is 264 g/mol. The number of ether oxygens (including phenoxy) is 1. The first-order valence-electron chi connectivity index (χ1n) is 4.95. The molecule has 2 amide bonds. The van der Waals surface area contributed by atoms with Gasteiger partial charge in [-0.15, -0.1) is 13.2 Å². The summed E-state index contributed by atoms with van der Waals surface area (Å²) in [6, 6.07) is 2.17. The van der Waals surface area contributed by atoms with Crippen molar-refractivity contribution in [3.05, 3.63) is 29.6 Å². The van der Waals surface area contributed by atoms with Crippen LogP contribution in [0.25, 0.3) is 0 Å². The molecular weight excluding hydrogens is 256 g/mol. The first-order chi connectivity index (χ1) is 8.35. The lowest BCUT2D eigenvalue weighted by atomic mass is 10.1. The molecule has 1 aliphatic rings. The molecule has 18 heavy (non-hydrogen) atoms. The first kappa shape index (κ1) is 12.5. The zero-order valence-electron chi connectivity index (χ0n) is 8.84. The van der Waals surface area contributed by atoms with Crippen LogP contribution in [-0.2, 0) is 0 Å². The molecule has 98 valence electrons. The van der Waals surface area contributed by atoms with E-state index in [1.54, 1.807) is 0 Å². The molecule has 0 radical (unpaired) electrons. The number of halogens is 4. The standard InChI is InChI=1S/C10H8F4N2O2/c11-6-3-5(7-4-15-9(17)16-7)1-2-8(6)18-10(12,13)14/h1-3,7H,4H2,(H2,15,16,17)/t7-/m1/s1. The Kier molecular flexibility index (Phi) is 3.02. The highest BCUT2D eigenvalue weighted by atomic mass is 19.4. The predicted octanol–water partition coefficient (Wildman–Crippen LogP) is 2.08. The molecule has 1 saturated heterocycles. The number of nitrogens with one attached hydrogen (secondary N) is 2. The van der Waals surface area contributed by atoms with Crippen molar-refractivity contribution < 1.29 is 27.1 Å². The number of carbonyl (C=O) groups is 1. The molecule has 1 atom stereocenters. The van der Waals surface area contributed by atoms with Gasteiger partial charge in [0.2, 0.25) is 0 Å². The number of carbonyl (C=O) groups excluding carboxylic acids is 1. The number of hydrogen-bond acceptors (Lipinski definition) is 2. The minimum atomic E-state index is -4.94. The van der Waals surface area contributed by atoms with Crippen LogP contribution in [0.2, 0.25) is 0 Å². The average Bonchev–Trinajstić information content (AvgIpc) is 2.66. The molecule has 2 rings (SSSR count). The van der Waals surface area contributed by atoms with Gasteiger partial charge in [0.1, 0.15) is 0 Å². The highest BCUT2D eigenvalue weighted by molar-refractivity contribution is 5.76. The molecule has 4 nitrogen and oxygen atoms in total. The Balaban J connectivity index is 2.17. The fourth-order valence-corrected chi connectivity index (χ4v) is 1.60. The van der Waals surface area contributed by atoms with E-state index in [4.69, 9.17) is 0 Å². The molecule has 0 aliphatic carbocycles. The van der Waals surface area contributed by atoms with Gasteiger partial charge in [-0.3, -0.25) is 0 Å². The van der Waals surface area contributed by atoms with Crippen molar-refractivity contribution in [3.8, 4) is 5.75 Å². The lowest BCUT2D eigenvalue weighted by molar-refractivity contribution is -0.275. The number of alkyl halides is 3. The molecule has 0 bridgehead atoms. The van der Waals surface area contributed by atoms with E-state index in [9.17, 15) is 22.4 Å². The maximum absolute atomic E-state index is 13.4. The zero-order valence-corrected chi connectivity index (χ0v) is 8.84. The van der Waals surface area contributed by atoms with Crippen molar-refractivity contribution in [1.82, 2.24) is 10.6 Å². The van der Waals surface area contributed by atoms with Gasteiger partial charge in [-0.2, -0.15) is 0 Å². The molecule has 1 aliphatic heterocycles. The van der Waals surface area contributed by atoms with Crippen molar-refractivity contribution in [1.29, 1.82) is 0 Å². The van der Waals surface area contributed by atoms with E-state index < -0.39 is 30.0 Å². The maximum atomic E-state index is 13.4. The second kappa shape index (κ2) is 4.35. The lowest BCUT2D eigenvalue weighted by Gasteiger charge is -2.13. The summed E-state index contributed by atoms with van der Waals surface area (Å²) < 4.78 is 52.6. The Bertz CT molecular complexity index is 475. The van der Waals surface area contributed by atoms with Crippen LogP contribution in [0.5, 0.6) is 5.75 Å². The van der Waals surface area contributed by atoms with Crippen molar-refractivity contribution >= 4 is 6.03 Å². The van der Waals surface area contributed by atoms with Crippen LogP contribution in [0.1, 0.15) is 11.6 Å². The van der Waals surface area contributed by atoms with Crippen molar-refractivity contribution in [2.24, 2.45) is 0 Å². The Morgan fingerprint density at radius 3 is 2.56 bits per heavy atom. The Morgan fingerprint density at radius 1 is 1.33 bits per heavy atom. The van der Waals surface area contributed by atoms with Crippen molar-refractivity contribution in [2.75, 3.05) is 6.54 Å². The number of hydrogen-bond donors (Lipinski definition) is 2. The van der Waals surface area contributed by atoms with Gasteiger partial charge in [0.15, 0.2) is 11.6 Å². The van der Waals surface area contributed by atoms with Gasteiger partial charge >= 0.3 is 12.4 Å². The summed E-state index contributed by atoms with van der Waals surface area (Å²) >= 11 is 0. The summed E-state index contributed by atoms with van der Waals surface area (Å²) in [4.78, 5) is 10.9. The summed E-state index contributed by atoms with van der Waals surface area (Å²) in [7, 11) is 0. The average molecular weight is 264 g/mol. The molecule has 2 N–H and O–H groups in total. The molecule has 1 fully saturated rings. The van der Waals surface area contributed by atoms with E-state index in [0.717, 1.165) is 12.1 Å². The molecule has 0 aromatic heterocycles. The van der Waals surface area contributed by atoms with E-state index in [0.29, 0.717) is 5.56 Å². The zero-order chi connectivity index (χ0) is 13.3. The van der Waals surface area contributed by atoms with Crippen molar-refractivity contribution in [2.45, 2.75) is 12.4 Å². The van der Waals surface area contributed by atoms with Gasteiger partial charge in [-0.25, -0.2) is 9.18 Å². The first-order valence-corrected chi connectivity index (χ1v) is 4.95. The Morgan fingerprint density at radius 2 is 2.06 bits per heavy atom. The molecule has 8 heteroatoms. The summed E-state index contributed by atoms with van der Waals surface area (Å²) in [5.74, 6) is -2.03. The minimum Gasteiger partial charge on any atom is -0.403 e. The van der Waals surface area contributed by atoms with E-state index in [2.05, 4.69) is 15.4 Å². The lowest BCUT2D eigenvalue weighted by Crippen LogP contribution is -2.22. The molecule has 0 saturated carbocycles. The normalized spacial score (nSPS) is 19.3. The second-order valence-electron chi connectivity index (χ2n) is 3.64. The van der Waals surface area contributed by atoms with Crippen LogP contribution >= 0.6 is 0 Å². The van der Waals surface area contributed by atoms with Crippen LogP contribution in [0.4, 0.5) is 22.4 Å². The SMILES string of the molecule is O=C1NC[C@H](c2ccc(OC(F)(F)F)c(F)c2)N1. The van der Waals surface area contributed by atoms with E-state index >= 15 is 0 Å². The highest BCUT2D eigenvalue weighted by Gasteiger charge is 2.32. The van der Waals surface area contributed by atoms with Gasteiger partial charge in [0.05, 0.1) is 6.04 Å². The van der Waals surface area contributed by atoms with Crippen LogP contribution in [0.3, 0.4) is 0 Å². The summed E-state index contributed by atoms with van der Waals surface area (Å²) in [6.45, 7) is 0.248. The van der Waals surface area contributed by atoms with E-state index in [1.165, 1.54) is 6.07 Å². The van der Waals surface area contributed by atoms with Gasteiger partial charge in [0.25, 0.3) is 0 Å². The second-order valence-corrected chi connectivity index (χ2v) is 3.64. The fourth-order valence-electron chi connectivity index (χ4n) is 1.60. The molecule has 1 heterocycles. The minimum absolute atomic E-state index is 0.248. The third-order valence-electron chi connectivity index (χ3n) is 2.36. The Labute approximate surface area is 98.9 Å². The highest BCUT2D eigenvalue weighted by Crippen LogP contribution is 2.28. The smallest absolute Gasteiger partial charge is 0.403 e. The number of benzene rings is 1. The van der Waals surface area contributed by atoms with E-state index in [-0.39, 0.29) is 6.54 Å². The fraction of sp³-hybridized carbons (Fsp3) is 0.300. The van der Waals surface area contributed by atoms with Crippen LogP contribution in [-0.4, -0.2) is 18.9 Å². The largest absolute Gasteiger partial charge is 0.573 e. The van der Waals surface area contributed by atoms with Crippen LogP contribution < -0.4 is 15.4 Å². The predicted molar refractivity (Wildman–Crippen MR) is 52.4 cm³/mol. The van der Waals surface area contributed by atoms with Crippen molar-refractivity contribution in [3.63, 3.8) is 0 Å². The summed E-state index contributed by atoms with van der Waals surface area (Å²) in [6.07, 6.45) is -4.94. The quantitative estimate of drug-likeness (QED) is 0.803. The molecule has 0 spiro atoms. The topological polar surface area (TPSA) is 50.4 Å². The Hall–Kier alpha value is -1.99. The molecule has 1 aromatic rings. The van der Waals surface area contributed by atoms with Crippen LogP contribution in [0, 0.1) is 5.82 Å². The maximum Gasteiger partial charge on any atom is 0.573 e. The number of rotatable bonds is 2. The molecule has 1 aromatic carbocycles. The summed E-state index contributed by atoms with van der Waals surface area (Å²) in [5.41, 5.74) is 0.361. The molecule has 0 unspecified atom stereocenters. The van der Waals surface area contributed by atoms with Gasteiger partial charge in [-0.05, 0) is 17.7 Å². The van der Waals surface area contributed by atoms with Gasteiger partial charge in [0, 0.05) is 6.54 Å². The number of urea groups is 1. The van der Waals surface area contributed by atoms with Gasteiger partial charge < -0.3 is 15.4 Å². The third-order valence-corrected chi connectivity index (χ3v) is 2.36.